The van der Waals surface area contributed by atoms with Gasteiger partial charge in [-0.15, -0.1) is 11.3 Å². The van der Waals surface area contributed by atoms with E-state index >= 15 is 0 Å². The van der Waals surface area contributed by atoms with Crippen molar-refractivity contribution in [2.75, 3.05) is 27.3 Å². The minimum Gasteiger partial charge on any atom is -0.493 e. The Balaban J connectivity index is 1.75. The highest BCUT2D eigenvalue weighted by atomic mass is 32.1. The molecule has 8 heteroatoms. The molecule has 4 rings (SSSR count). The minimum absolute atomic E-state index is 0.177. The van der Waals surface area contributed by atoms with Crippen molar-refractivity contribution >= 4 is 34.7 Å². The summed E-state index contributed by atoms with van der Waals surface area (Å²) in [6.45, 7) is 1.32. The molecule has 0 fully saturated rings. The normalized spacial score (nSPS) is 15.0. The number of nitrogens with zero attached hydrogens (tertiary/aromatic N) is 3. The predicted molar refractivity (Wildman–Crippen MR) is 96.5 cm³/mol. The van der Waals surface area contributed by atoms with E-state index in [0.29, 0.717) is 41.1 Å². The van der Waals surface area contributed by atoms with Crippen molar-refractivity contribution < 1.29 is 14.3 Å². The summed E-state index contributed by atoms with van der Waals surface area (Å²) < 4.78 is 10.7. The zero-order valence-corrected chi connectivity index (χ0v) is 14.6. The lowest BCUT2D eigenvalue weighted by Gasteiger charge is -2.27. The molecular formula is C17H16N4O3S. The van der Waals surface area contributed by atoms with Crippen LogP contribution in [0.1, 0.15) is 15.2 Å². The van der Waals surface area contributed by atoms with Crippen LogP contribution in [0.4, 0.5) is 5.69 Å². The average molecular weight is 356 g/mol. The van der Waals surface area contributed by atoms with E-state index in [4.69, 9.17) is 9.47 Å². The predicted octanol–water partition coefficient (Wildman–Crippen LogP) is 2.26. The average Bonchev–Trinajstić information content (AvgIpc) is 3.32. The molecule has 0 spiro atoms. The summed E-state index contributed by atoms with van der Waals surface area (Å²) in [6.07, 6.45) is 0. The fourth-order valence-corrected chi connectivity index (χ4v) is 3.48. The molecule has 0 aliphatic carbocycles. The van der Waals surface area contributed by atoms with Gasteiger partial charge in [-0.1, -0.05) is 6.07 Å². The van der Waals surface area contributed by atoms with Crippen molar-refractivity contribution in [3.05, 3.63) is 40.1 Å². The number of carbonyl (C=O) groups excluding carboxylic acids is 1. The van der Waals surface area contributed by atoms with E-state index < -0.39 is 0 Å². The van der Waals surface area contributed by atoms with Crippen LogP contribution in [0.15, 0.2) is 39.6 Å². The Morgan fingerprint density at radius 3 is 2.80 bits per heavy atom. The number of amides is 1. The van der Waals surface area contributed by atoms with Gasteiger partial charge in [-0.25, -0.2) is 4.99 Å². The van der Waals surface area contributed by atoms with Crippen LogP contribution in [0.25, 0.3) is 0 Å². The summed E-state index contributed by atoms with van der Waals surface area (Å²) in [6, 6.07) is 7.29. The van der Waals surface area contributed by atoms with E-state index in [1.165, 1.54) is 11.3 Å². The fourth-order valence-electron chi connectivity index (χ4n) is 2.86. The molecule has 2 aromatic rings. The van der Waals surface area contributed by atoms with Gasteiger partial charge in [0.15, 0.2) is 11.5 Å². The third kappa shape index (κ3) is 2.64. The molecule has 0 atom stereocenters. The van der Waals surface area contributed by atoms with Crippen molar-refractivity contribution in [3.63, 3.8) is 0 Å². The number of benzene rings is 1. The number of amidine groups is 1. The zero-order valence-electron chi connectivity index (χ0n) is 13.8. The highest BCUT2D eigenvalue weighted by molar-refractivity contribution is 7.12. The number of hydrogen-bond acceptors (Lipinski definition) is 7. The molecule has 0 saturated carbocycles. The summed E-state index contributed by atoms with van der Waals surface area (Å²) in [5.74, 6) is 2.30. The molecule has 1 aromatic heterocycles. The second-order valence-electron chi connectivity index (χ2n) is 5.45. The van der Waals surface area contributed by atoms with E-state index in [0.717, 1.165) is 11.4 Å². The quantitative estimate of drug-likeness (QED) is 0.915. The van der Waals surface area contributed by atoms with E-state index in [-0.39, 0.29) is 5.91 Å². The van der Waals surface area contributed by atoms with E-state index in [1.54, 1.807) is 26.4 Å². The molecule has 0 saturated heterocycles. The number of thiophene rings is 1. The SMILES string of the molecule is COc1cc2c(cc1OC)C1=NCCN1C(NC(=O)c1cccs1)=N2. The third-order valence-electron chi connectivity index (χ3n) is 4.04. The number of fused-ring (bicyclic) bond motifs is 3. The Morgan fingerprint density at radius 1 is 1.28 bits per heavy atom. The maximum absolute atomic E-state index is 12.4. The first kappa shape index (κ1) is 15.6. The largest absolute Gasteiger partial charge is 0.493 e. The second-order valence-corrected chi connectivity index (χ2v) is 6.40. The lowest BCUT2D eigenvalue weighted by molar-refractivity contribution is 0.0978. The number of methoxy groups -OCH3 is 2. The van der Waals surface area contributed by atoms with Gasteiger partial charge in [0.1, 0.15) is 5.84 Å². The molecule has 1 aromatic carbocycles. The number of nitrogens with one attached hydrogen (secondary N) is 1. The monoisotopic (exact) mass is 356 g/mol. The Kier molecular flexibility index (Phi) is 3.89. The topological polar surface area (TPSA) is 75.5 Å². The van der Waals surface area contributed by atoms with Gasteiger partial charge in [-0.3, -0.25) is 20.0 Å². The van der Waals surface area contributed by atoms with Crippen molar-refractivity contribution in [2.45, 2.75) is 0 Å². The minimum atomic E-state index is -0.177. The van der Waals surface area contributed by atoms with E-state index in [1.807, 2.05) is 22.4 Å². The van der Waals surface area contributed by atoms with Crippen LogP contribution in [-0.2, 0) is 0 Å². The molecule has 3 heterocycles. The molecule has 0 radical (unpaired) electrons. The smallest absolute Gasteiger partial charge is 0.268 e. The van der Waals surface area contributed by atoms with Gasteiger partial charge in [0, 0.05) is 18.2 Å². The highest BCUT2D eigenvalue weighted by Crippen LogP contribution is 2.38. The van der Waals surface area contributed by atoms with Crippen LogP contribution >= 0.6 is 11.3 Å². The number of hydrogen-bond donors (Lipinski definition) is 1. The summed E-state index contributed by atoms with van der Waals surface area (Å²) in [7, 11) is 3.17. The summed E-state index contributed by atoms with van der Waals surface area (Å²) in [4.78, 5) is 24.1. The van der Waals surface area contributed by atoms with Crippen molar-refractivity contribution in [1.82, 2.24) is 10.2 Å². The van der Waals surface area contributed by atoms with E-state index in [9.17, 15) is 4.79 Å². The van der Waals surface area contributed by atoms with Crippen molar-refractivity contribution in [3.8, 4) is 11.5 Å². The number of guanidine groups is 1. The van der Waals surface area contributed by atoms with Crippen LogP contribution in [0.3, 0.4) is 0 Å². The molecular weight excluding hydrogens is 340 g/mol. The first-order valence-corrected chi connectivity index (χ1v) is 8.61. The van der Waals surface area contributed by atoms with Gasteiger partial charge in [0.25, 0.3) is 5.91 Å². The lowest BCUT2D eigenvalue weighted by atomic mass is 10.1. The summed E-state index contributed by atoms with van der Waals surface area (Å²) in [5, 5.41) is 4.76. The lowest BCUT2D eigenvalue weighted by Crippen LogP contribution is -2.47. The zero-order chi connectivity index (χ0) is 17.4. The maximum Gasteiger partial charge on any atom is 0.268 e. The Bertz CT molecular complexity index is 890. The van der Waals surface area contributed by atoms with Crippen molar-refractivity contribution in [2.24, 2.45) is 9.98 Å². The van der Waals surface area contributed by atoms with Gasteiger partial charge in [-0.2, -0.15) is 0 Å². The Hall–Kier alpha value is -2.87. The summed E-state index contributed by atoms with van der Waals surface area (Å²) in [5.41, 5.74) is 1.56. The van der Waals surface area contributed by atoms with Crippen LogP contribution in [0.5, 0.6) is 11.5 Å². The maximum atomic E-state index is 12.4. The van der Waals surface area contributed by atoms with E-state index in [2.05, 4.69) is 15.3 Å². The van der Waals surface area contributed by atoms with Gasteiger partial charge in [0.2, 0.25) is 5.96 Å². The molecule has 0 bridgehead atoms. The number of ether oxygens (including phenoxy) is 2. The highest BCUT2D eigenvalue weighted by Gasteiger charge is 2.32. The van der Waals surface area contributed by atoms with Crippen LogP contribution < -0.4 is 14.8 Å². The molecule has 25 heavy (non-hydrogen) atoms. The Morgan fingerprint density at radius 2 is 2.08 bits per heavy atom. The number of aliphatic imine (C=N–C) groups is 2. The van der Waals surface area contributed by atoms with Crippen LogP contribution in [-0.4, -0.2) is 49.9 Å². The Labute approximate surface area is 148 Å². The first-order chi connectivity index (χ1) is 12.2. The molecule has 2 aliphatic rings. The first-order valence-electron chi connectivity index (χ1n) is 7.73. The third-order valence-corrected chi connectivity index (χ3v) is 4.90. The molecule has 128 valence electrons. The van der Waals surface area contributed by atoms with Crippen LogP contribution in [0, 0.1) is 0 Å². The molecule has 0 unspecified atom stereocenters. The van der Waals surface area contributed by atoms with Gasteiger partial charge in [0.05, 0.1) is 31.3 Å². The van der Waals surface area contributed by atoms with Gasteiger partial charge in [-0.05, 0) is 17.5 Å². The summed E-state index contributed by atoms with van der Waals surface area (Å²) >= 11 is 1.39. The molecule has 1 amide bonds. The van der Waals surface area contributed by atoms with Gasteiger partial charge >= 0.3 is 0 Å². The standard InChI is InChI=1S/C17H16N4O3S/c1-23-12-8-10-11(9-13(12)24-2)19-17(21-6-5-18-15(10)21)20-16(22)14-4-3-7-25-14/h3-4,7-9H,5-6H2,1-2H3,(H,19,20,22). The van der Waals surface area contributed by atoms with Crippen LogP contribution in [0.2, 0.25) is 0 Å². The molecule has 2 aliphatic heterocycles. The molecule has 1 N–H and O–H groups in total. The van der Waals surface area contributed by atoms with Gasteiger partial charge < -0.3 is 9.47 Å². The fraction of sp³-hybridized carbons (Fsp3) is 0.235. The molecule has 7 nitrogen and oxygen atoms in total. The second kappa shape index (κ2) is 6.21. The number of rotatable bonds is 3. The van der Waals surface area contributed by atoms with Crippen molar-refractivity contribution in [1.29, 1.82) is 0 Å². The number of carbonyl (C=O) groups is 1.